The Labute approximate surface area is 435 Å². The van der Waals surface area contributed by atoms with Crippen LogP contribution in [0.3, 0.4) is 0 Å². The number of unbranched alkanes of at least 4 members (excludes halogenated alkanes) is 41. The van der Waals surface area contributed by atoms with E-state index in [9.17, 15) is 19.0 Å². The van der Waals surface area contributed by atoms with Crippen molar-refractivity contribution in [1.82, 2.24) is 0 Å². The van der Waals surface area contributed by atoms with Gasteiger partial charge >= 0.3 is 11.9 Å². The van der Waals surface area contributed by atoms with E-state index in [2.05, 4.69) is 26.0 Å². The summed E-state index contributed by atoms with van der Waals surface area (Å²) in [4.78, 5) is 37.9. The predicted molar refractivity (Wildman–Crippen MR) is 296 cm³/mol. The third-order valence-electron chi connectivity index (χ3n) is 13.8. The Balaban J connectivity index is 4.02. The number of carbonyl (C=O) groups excluding carboxylic acids is 2. The molecule has 0 aliphatic heterocycles. The smallest absolute Gasteiger partial charge is 0.306 e. The van der Waals surface area contributed by atoms with E-state index < -0.39 is 26.5 Å². The van der Waals surface area contributed by atoms with E-state index >= 15 is 0 Å². The highest BCUT2D eigenvalue weighted by atomic mass is 31.2. The van der Waals surface area contributed by atoms with Gasteiger partial charge in [0.05, 0.1) is 27.7 Å². The average Bonchev–Trinajstić information content (AvgIpc) is 3.32. The standard InChI is InChI=1S/C60H118NO8P/c1-6-8-10-12-14-16-18-20-22-24-25-26-27-28-29-30-31-32-33-34-35-37-38-40-42-44-46-48-50-52-59(62)66-56-58(57-68-70(64,65)67-55-54-61(3,4)5)69-60(63)53-51-49-47-45-43-41-39-36-23-21-19-17-15-13-11-9-7-2/h21,23,58H,6-20,22,24-57H2,1-5H3/b23-21-. The van der Waals surface area contributed by atoms with Gasteiger partial charge in [-0.15, -0.1) is 0 Å². The Morgan fingerprint density at radius 3 is 1.06 bits per heavy atom. The number of likely N-dealkylation sites (N-methyl/N-ethyl adjacent to an activating group) is 1. The van der Waals surface area contributed by atoms with Crippen LogP contribution in [0.2, 0.25) is 0 Å². The Hall–Kier alpha value is -1.25. The Morgan fingerprint density at radius 1 is 0.429 bits per heavy atom. The summed E-state index contributed by atoms with van der Waals surface area (Å²) in [5.74, 6) is -0.820. The van der Waals surface area contributed by atoms with Crippen molar-refractivity contribution in [3.05, 3.63) is 12.2 Å². The summed E-state index contributed by atoms with van der Waals surface area (Å²) in [6.45, 7) is 4.29. The van der Waals surface area contributed by atoms with E-state index in [1.54, 1.807) is 0 Å². The van der Waals surface area contributed by atoms with Gasteiger partial charge in [0, 0.05) is 12.8 Å². The number of phosphoric ester groups is 1. The molecule has 70 heavy (non-hydrogen) atoms. The second-order valence-corrected chi connectivity index (χ2v) is 23.5. The van der Waals surface area contributed by atoms with Crippen LogP contribution in [0.25, 0.3) is 0 Å². The molecular formula is C60H118NO8P. The van der Waals surface area contributed by atoms with Gasteiger partial charge in [-0.25, -0.2) is 0 Å². The van der Waals surface area contributed by atoms with Crippen LogP contribution in [0.15, 0.2) is 12.2 Å². The number of carbonyl (C=O) groups is 2. The Morgan fingerprint density at radius 2 is 0.729 bits per heavy atom. The highest BCUT2D eigenvalue weighted by molar-refractivity contribution is 7.45. The third kappa shape index (κ3) is 56.1. The number of hydrogen-bond acceptors (Lipinski definition) is 8. The van der Waals surface area contributed by atoms with E-state index in [1.807, 2.05) is 21.1 Å². The molecule has 416 valence electrons. The first-order chi connectivity index (χ1) is 34.0. The van der Waals surface area contributed by atoms with Crippen molar-refractivity contribution in [1.29, 1.82) is 0 Å². The zero-order valence-electron chi connectivity index (χ0n) is 47.2. The highest BCUT2D eigenvalue weighted by Gasteiger charge is 2.22. The summed E-state index contributed by atoms with van der Waals surface area (Å²) >= 11 is 0. The van der Waals surface area contributed by atoms with Crippen LogP contribution in [0.1, 0.15) is 309 Å². The second kappa shape index (κ2) is 52.6. The van der Waals surface area contributed by atoms with Crippen LogP contribution in [0.4, 0.5) is 0 Å². The molecule has 0 amide bonds. The minimum Gasteiger partial charge on any atom is -0.756 e. The maximum Gasteiger partial charge on any atom is 0.306 e. The number of phosphoric acid groups is 1. The fraction of sp³-hybridized carbons (Fsp3) is 0.933. The van der Waals surface area contributed by atoms with E-state index in [0.717, 1.165) is 44.9 Å². The van der Waals surface area contributed by atoms with E-state index in [1.165, 1.54) is 231 Å². The van der Waals surface area contributed by atoms with Gasteiger partial charge in [-0.1, -0.05) is 270 Å². The van der Waals surface area contributed by atoms with Gasteiger partial charge in [-0.3, -0.25) is 14.2 Å². The van der Waals surface area contributed by atoms with Gasteiger partial charge in [0.2, 0.25) is 0 Å². The molecule has 0 aliphatic rings. The van der Waals surface area contributed by atoms with Gasteiger partial charge in [0.1, 0.15) is 19.8 Å². The number of nitrogens with zero attached hydrogens (tertiary/aromatic N) is 1. The fourth-order valence-electron chi connectivity index (χ4n) is 9.07. The van der Waals surface area contributed by atoms with Crippen LogP contribution >= 0.6 is 7.82 Å². The number of quaternary nitrogens is 1. The van der Waals surface area contributed by atoms with Gasteiger partial charge in [0.15, 0.2) is 6.10 Å². The van der Waals surface area contributed by atoms with Crippen molar-refractivity contribution in [2.45, 2.75) is 315 Å². The van der Waals surface area contributed by atoms with Crippen LogP contribution in [-0.4, -0.2) is 70.0 Å². The van der Waals surface area contributed by atoms with E-state index in [0.29, 0.717) is 17.4 Å². The first kappa shape index (κ1) is 68.8. The first-order valence-corrected chi connectivity index (χ1v) is 31.9. The quantitative estimate of drug-likeness (QED) is 0.0195. The van der Waals surface area contributed by atoms with Crippen molar-refractivity contribution >= 4 is 19.8 Å². The molecule has 0 saturated heterocycles. The summed E-state index contributed by atoms with van der Waals surface area (Å²) in [5.41, 5.74) is 0. The average molecular weight is 1010 g/mol. The molecule has 0 radical (unpaired) electrons. The van der Waals surface area contributed by atoms with Crippen molar-refractivity contribution in [2.24, 2.45) is 0 Å². The monoisotopic (exact) mass is 1010 g/mol. The number of rotatable bonds is 57. The first-order valence-electron chi connectivity index (χ1n) is 30.4. The van der Waals surface area contributed by atoms with E-state index in [-0.39, 0.29) is 32.0 Å². The minimum atomic E-state index is -4.63. The topological polar surface area (TPSA) is 111 Å². The molecule has 0 saturated carbocycles. The summed E-state index contributed by atoms with van der Waals surface area (Å²) in [5, 5.41) is 0. The molecule has 9 nitrogen and oxygen atoms in total. The molecule has 0 rings (SSSR count). The molecule has 0 aromatic heterocycles. The normalized spacial score (nSPS) is 13.3. The van der Waals surface area contributed by atoms with Crippen LogP contribution < -0.4 is 4.89 Å². The maximum atomic E-state index is 12.8. The summed E-state index contributed by atoms with van der Waals surface area (Å²) < 4.78 is 34.2. The van der Waals surface area contributed by atoms with Gasteiger partial charge in [-0.05, 0) is 38.5 Å². The molecular weight excluding hydrogens is 894 g/mol. The molecule has 0 bridgehead atoms. The SMILES string of the molecule is CCCCCCCC/C=C\CCCCCCCCCC(=O)OC(COC(=O)CCCCCCCCCCCCCCCCCCCCCCCCCCCCCCC)COP(=O)([O-])OCC[N+](C)(C)C. The number of hydrogen-bond donors (Lipinski definition) is 0. The van der Waals surface area contributed by atoms with Crippen LogP contribution in [-0.2, 0) is 32.7 Å². The Kier molecular flexibility index (Phi) is 51.7. The third-order valence-corrected chi connectivity index (χ3v) is 14.7. The van der Waals surface area contributed by atoms with Crippen molar-refractivity contribution < 1.29 is 42.1 Å². The summed E-state index contributed by atoms with van der Waals surface area (Å²) in [6, 6.07) is 0. The Bertz CT molecular complexity index is 1190. The fourth-order valence-corrected chi connectivity index (χ4v) is 9.80. The predicted octanol–water partition coefficient (Wildman–Crippen LogP) is 18.2. The molecule has 2 atom stereocenters. The number of esters is 2. The van der Waals surface area contributed by atoms with E-state index in [4.69, 9.17) is 18.5 Å². The van der Waals surface area contributed by atoms with Gasteiger partial charge in [-0.2, -0.15) is 0 Å². The molecule has 0 aliphatic carbocycles. The molecule has 0 fully saturated rings. The lowest BCUT2D eigenvalue weighted by Gasteiger charge is -2.28. The molecule has 0 N–H and O–H groups in total. The summed E-state index contributed by atoms with van der Waals surface area (Å²) in [7, 11) is 1.18. The van der Waals surface area contributed by atoms with Crippen molar-refractivity contribution in [3.63, 3.8) is 0 Å². The van der Waals surface area contributed by atoms with Gasteiger partial charge in [0.25, 0.3) is 7.82 Å². The zero-order chi connectivity index (χ0) is 51.3. The highest BCUT2D eigenvalue weighted by Crippen LogP contribution is 2.38. The largest absolute Gasteiger partial charge is 0.756 e. The molecule has 10 heteroatoms. The maximum absolute atomic E-state index is 12.8. The number of allylic oxidation sites excluding steroid dienone is 2. The van der Waals surface area contributed by atoms with Crippen LogP contribution in [0.5, 0.6) is 0 Å². The lowest BCUT2D eigenvalue weighted by molar-refractivity contribution is -0.870. The molecule has 0 aromatic carbocycles. The second-order valence-electron chi connectivity index (χ2n) is 22.1. The molecule has 0 spiro atoms. The number of ether oxygens (including phenoxy) is 2. The van der Waals surface area contributed by atoms with Crippen molar-refractivity contribution in [3.8, 4) is 0 Å². The van der Waals surface area contributed by atoms with Crippen molar-refractivity contribution in [2.75, 3.05) is 47.5 Å². The summed E-state index contributed by atoms with van der Waals surface area (Å²) in [6.07, 6.45) is 61.3. The molecule has 0 heterocycles. The molecule has 0 aromatic rings. The van der Waals surface area contributed by atoms with Gasteiger partial charge < -0.3 is 27.9 Å². The lowest BCUT2D eigenvalue weighted by Crippen LogP contribution is -2.37. The zero-order valence-corrected chi connectivity index (χ0v) is 48.1. The molecule has 2 unspecified atom stereocenters. The van der Waals surface area contributed by atoms with Crippen LogP contribution in [0, 0.1) is 0 Å². The minimum absolute atomic E-state index is 0.0280. The lowest BCUT2D eigenvalue weighted by atomic mass is 10.0.